The van der Waals surface area contributed by atoms with E-state index in [-0.39, 0.29) is 12.3 Å². The second-order valence-corrected chi connectivity index (χ2v) is 3.18. The van der Waals surface area contributed by atoms with Crippen LogP contribution in [-0.4, -0.2) is 49.4 Å². The Morgan fingerprint density at radius 1 is 1.73 bits per heavy atom. The summed E-state index contributed by atoms with van der Waals surface area (Å²) < 4.78 is 4.74. The maximum atomic E-state index is 11.5. The molecule has 1 saturated heterocycles. The highest BCUT2D eigenvalue weighted by Gasteiger charge is 2.33. The summed E-state index contributed by atoms with van der Waals surface area (Å²) in [5, 5.41) is 2.47. The highest BCUT2D eigenvalue weighted by atomic mass is 16.6. The van der Waals surface area contributed by atoms with Gasteiger partial charge < -0.3 is 14.8 Å². The fraction of sp³-hybridized carbons (Fsp3) is 0.667. The van der Waals surface area contributed by atoms with Gasteiger partial charge in [-0.15, -0.1) is 0 Å². The summed E-state index contributed by atoms with van der Waals surface area (Å²) in [5.41, 5.74) is 0. The topological polar surface area (TPSA) is 75.7 Å². The predicted octanol–water partition coefficient (Wildman–Crippen LogP) is -0.468. The largest absolute Gasteiger partial charge is 0.448 e. The van der Waals surface area contributed by atoms with Gasteiger partial charge in [0, 0.05) is 13.5 Å². The molecule has 0 saturated carbocycles. The number of cyclic esters (lactones) is 1. The van der Waals surface area contributed by atoms with E-state index in [4.69, 9.17) is 4.74 Å². The van der Waals surface area contributed by atoms with Gasteiger partial charge in [-0.2, -0.15) is 0 Å². The normalized spacial score (nSPS) is 17.1. The lowest BCUT2D eigenvalue weighted by molar-refractivity contribution is -0.125. The molecule has 0 aromatic rings. The van der Waals surface area contributed by atoms with Crippen LogP contribution < -0.4 is 5.32 Å². The third-order valence-electron chi connectivity index (χ3n) is 2.28. The van der Waals surface area contributed by atoms with Crippen LogP contribution in [0, 0.1) is 0 Å². The fourth-order valence-corrected chi connectivity index (χ4v) is 1.51. The van der Waals surface area contributed by atoms with E-state index in [0.717, 1.165) is 6.29 Å². The number of ether oxygens (including phenoxy) is 1. The third kappa shape index (κ3) is 2.68. The second-order valence-electron chi connectivity index (χ2n) is 3.18. The number of amides is 2. The van der Waals surface area contributed by atoms with Gasteiger partial charge in [-0.05, 0) is 6.42 Å². The molecule has 1 aliphatic heterocycles. The Morgan fingerprint density at radius 3 is 2.93 bits per heavy atom. The lowest BCUT2D eigenvalue weighted by Crippen LogP contribution is -2.46. The van der Waals surface area contributed by atoms with Crippen LogP contribution in [0.4, 0.5) is 4.79 Å². The van der Waals surface area contributed by atoms with Crippen molar-refractivity contribution in [2.75, 3.05) is 20.2 Å². The molecule has 1 aliphatic rings. The Morgan fingerprint density at radius 2 is 2.47 bits per heavy atom. The molecule has 0 radical (unpaired) electrons. The van der Waals surface area contributed by atoms with Gasteiger partial charge in [-0.3, -0.25) is 9.69 Å². The Hall–Kier alpha value is -1.59. The second kappa shape index (κ2) is 5.33. The van der Waals surface area contributed by atoms with E-state index in [1.54, 1.807) is 0 Å². The molecule has 84 valence electrons. The summed E-state index contributed by atoms with van der Waals surface area (Å²) in [7, 11) is 1.50. The number of hydrogen-bond acceptors (Lipinski definition) is 4. The van der Waals surface area contributed by atoms with Gasteiger partial charge in [0.25, 0.3) is 0 Å². The molecule has 0 aromatic carbocycles. The first-order chi connectivity index (χ1) is 7.20. The van der Waals surface area contributed by atoms with Crippen molar-refractivity contribution in [3.63, 3.8) is 0 Å². The zero-order valence-corrected chi connectivity index (χ0v) is 8.56. The zero-order valence-electron chi connectivity index (χ0n) is 8.56. The number of hydrogen-bond donors (Lipinski definition) is 1. The minimum atomic E-state index is -0.602. The smallest absolute Gasteiger partial charge is 0.410 e. The van der Waals surface area contributed by atoms with Gasteiger partial charge in [0.1, 0.15) is 18.9 Å². The van der Waals surface area contributed by atoms with Crippen LogP contribution in [0.25, 0.3) is 0 Å². The quantitative estimate of drug-likeness (QED) is 0.628. The first-order valence-electron chi connectivity index (χ1n) is 4.79. The van der Waals surface area contributed by atoms with Crippen molar-refractivity contribution in [2.24, 2.45) is 0 Å². The highest BCUT2D eigenvalue weighted by molar-refractivity contribution is 5.86. The molecule has 6 heteroatoms. The molecule has 1 N–H and O–H groups in total. The maximum absolute atomic E-state index is 11.5. The maximum Gasteiger partial charge on any atom is 0.410 e. The van der Waals surface area contributed by atoms with E-state index in [0.29, 0.717) is 19.6 Å². The molecule has 0 aliphatic carbocycles. The van der Waals surface area contributed by atoms with Crippen molar-refractivity contribution in [1.29, 1.82) is 0 Å². The third-order valence-corrected chi connectivity index (χ3v) is 2.28. The van der Waals surface area contributed by atoms with Crippen molar-refractivity contribution < 1.29 is 19.1 Å². The molecule has 6 nitrogen and oxygen atoms in total. The van der Waals surface area contributed by atoms with E-state index in [9.17, 15) is 14.4 Å². The van der Waals surface area contributed by atoms with Gasteiger partial charge in [0.2, 0.25) is 5.91 Å². The summed E-state index contributed by atoms with van der Waals surface area (Å²) in [5.74, 6) is -0.268. The van der Waals surface area contributed by atoms with E-state index in [1.165, 1.54) is 11.9 Å². The Bertz CT molecular complexity index is 267. The Balaban J connectivity index is 2.65. The molecule has 1 atom stereocenters. The highest BCUT2D eigenvalue weighted by Crippen LogP contribution is 2.13. The van der Waals surface area contributed by atoms with E-state index in [1.807, 2.05) is 0 Å². The van der Waals surface area contributed by atoms with Gasteiger partial charge in [0.05, 0.1) is 6.54 Å². The molecule has 1 heterocycles. The van der Waals surface area contributed by atoms with E-state index < -0.39 is 12.1 Å². The summed E-state index contributed by atoms with van der Waals surface area (Å²) >= 11 is 0. The molecule has 15 heavy (non-hydrogen) atoms. The zero-order chi connectivity index (χ0) is 11.3. The molecular weight excluding hydrogens is 200 g/mol. The summed E-state index contributed by atoms with van der Waals surface area (Å²) in [6.45, 7) is 0.698. The van der Waals surface area contributed by atoms with Crippen molar-refractivity contribution in [3.8, 4) is 0 Å². The minimum Gasteiger partial charge on any atom is -0.448 e. The number of rotatable bonds is 5. The number of nitrogens with zero attached hydrogens (tertiary/aromatic N) is 1. The molecule has 1 fully saturated rings. The Labute approximate surface area is 87.6 Å². The average Bonchev–Trinajstić information content (AvgIpc) is 2.65. The molecule has 2 amide bonds. The van der Waals surface area contributed by atoms with Crippen LogP contribution in [0.3, 0.4) is 0 Å². The molecule has 0 aromatic heterocycles. The lowest BCUT2D eigenvalue weighted by Gasteiger charge is -2.23. The first-order valence-corrected chi connectivity index (χ1v) is 4.79. The Kier molecular flexibility index (Phi) is 4.08. The monoisotopic (exact) mass is 214 g/mol. The molecule has 0 bridgehead atoms. The van der Waals surface area contributed by atoms with Gasteiger partial charge in [0.15, 0.2) is 0 Å². The van der Waals surface area contributed by atoms with Crippen LogP contribution in [0.15, 0.2) is 0 Å². The van der Waals surface area contributed by atoms with Gasteiger partial charge in [-0.1, -0.05) is 0 Å². The number of carbonyl (C=O) groups is 3. The van der Waals surface area contributed by atoms with Crippen LogP contribution in [0.2, 0.25) is 0 Å². The molecule has 0 spiro atoms. The fourth-order valence-electron chi connectivity index (χ4n) is 1.51. The van der Waals surface area contributed by atoms with Crippen LogP contribution >= 0.6 is 0 Å². The molecule has 1 unspecified atom stereocenters. The van der Waals surface area contributed by atoms with Gasteiger partial charge >= 0.3 is 6.09 Å². The van der Waals surface area contributed by atoms with E-state index in [2.05, 4.69) is 5.32 Å². The molecule has 1 rings (SSSR count). The SMILES string of the molecule is CNC(=O)C(CCC=O)N1CCOC1=O. The van der Waals surface area contributed by atoms with Crippen LogP contribution in [0.5, 0.6) is 0 Å². The van der Waals surface area contributed by atoms with Crippen molar-refractivity contribution in [2.45, 2.75) is 18.9 Å². The van der Waals surface area contributed by atoms with Crippen molar-refractivity contribution in [3.05, 3.63) is 0 Å². The standard InChI is InChI=1S/C9H14N2O4/c1-10-8(13)7(3-2-5-12)11-4-6-15-9(11)14/h5,7H,2-4,6H2,1H3,(H,10,13). The van der Waals surface area contributed by atoms with Crippen LogP contribution in [0.1, 0.15) is 12.8 Å². The number of aldehydes is 1. The van der Waals surface area contributed by atoms with Crippen molar-refractivity contribution in [1.82, 2.24) is 10.2 Å². The first kappa shape index (κ1) is 11.5. The van der Waals surface area contributed by atoms with Crippen molar-refractivity contribution >= 4 is 18.3 Å². The lowest BCUT2D eigenvalue weighted by atomic mass is 10.1. The average molecular weight is 214 g/mol. The summed E-state index contributed by atoms with van der Waals surface area (Å²) in [6.07, 6.45) is 0.826. The minimum absolute atomic E-state index is 0.252. The van der Waals surface area contributed by atoms with E-state index >= 15 is 0 Å². The number of likely N-dealkylation sites (N-methyl/N-ethyl adjacent to an activating group) is 1. The summed E-state index contributed by atoms with van der Waals surface area (Å²) in [6, 6.07) is -0.602. The van der Waals surface area contributed by atoms with Gasteiger partial charge in [-0.25, -0.2) is 4.79 Å². The number of nitrogens with one attached hydrogen (secondary N) is 1. The summed E-state index contributed by atoms with van der Waals surface area (Å²) in [4.78, 5) is 34.3. The predicted molar refractivity (Wildman–Crippen MR) is 51.2 cm³/mol. The van der Waals surface area contributed by atoms with Crippen LogP contribution in [-0.2, 0) is 14.3 Å². The molecular formula is C9H14N2O4. The number of carbonyl (C=O) groups excluding carboxylic acids is 3.